The monoisotopic (exact) mass is 316 g/mol. The Morgan fingerprint density at radius 2 is 2.00 bits per heavy atom. The smallest absolute Gasteiger partial charge is 0.248 e. The fourth-order valence-corrected chi connectivity index (χ4v) is 2.82. The zero-order valence-electron chi connectivity index (χ0n) is 12.7. The first-order valence-corrected chi connectivity index (χ1v) is 7.78. The van der Waals surface area contributed by atoms with E-state index in [2.05, 4.69) is 34.7 Å². The summed E-state index contributed by atoms with van der Waals surface area (Å²) in [5, 5.41) is 6.48. The summed E-state index contributed by atoms with van der Waals surface area (Å²) in [6, 6.07) is 11.5. The van der Waals surface area contributed by atoms with Gasteiger partial charge in [0.15, 0.2) is 5.96 Å². The van der Waals surface area contributed by atoms with E-state index in [1.807, 2.05) is 12.1 Å². The Kier molecular flexibility index (Phi) is 5.55. The standard InChI is InChI=1S/C16H20N4OS/c1-11-6-7-14(22-11)10-20-16(18-2)19-9-12-4-3-5-13(8-12)15(17)21/h3-8H,9-10H2,1-2H3,(H2,17,21)(H2,18,19,20). The van der Waals surface area contributed by atoms with Crippen LogP contribution in [-0.2, 0) is 13.1 Å². The van der Waals surface area contributed by atoms with Gasteiger partial charge in [0.2, 0.25) is 5.91 Å². The Labute approximate surface area is 134 Å². The van der Waals surface area contributed by atoms with Crippen molar-refractivity contribution in [2.45, 2.75) is 20.0 Å². The molecule has 5 nitrogen and oxygen atoms in total. The molecule has 0 saturated carbocycles. The molecule has 116 valence electrons. The van der Waals surface area contributed by atoms with Gasteiger partial charge >= 0.3 is 0 Å². The van der Waals surface area contributed by atoms with Crippen molar-refractivity contribution >= 4 is 23.2 Å². The first kappa shape index (κ1) is 16.0. The van der Waals surface area contributed by atoms with Gasteiger partial charge in [-0.05, 0) is 36.8 Å². The fourth-order valence-electron chi connectivity index (χ4n) is 1.99. The molecule has 0 unspecified atom stereocenters. The van der Waals surface area contributed by atoms with Gasteiger partial charge in [-0.3, -0.25) is 9.79 Å². The molecule has 0 atom stereocenters. The highest BCUT2D eigenvalue weighted by atomic mass is 32.1. The van der Waals surface area contributed by atoms with Crippen LogP contribution < -0.4 is 16.4 Å². The van der Waals surface area contributed by atoms with Crippen LogP contribution in [-0.4, -0.2) is 18.9 Å². The summed E-state index contributed by atoms with van der Waals surface area (Å²) in [7, 11) is 1.73. The summed E-state index contributed by atoms with van der Waals surface area (Å²) in [5.41, 5.74) is 6.77. The van der Waals surface area contributed by atoms with Crippen LogP contribution in [0.25, 0.3) is 0 Å². The van der Waals surface area contributed by atoms with Crippen molar-refractivity contribution in [2.24, 2.45) is 10.7 Å². The number of rotatable bonds is 5. The van der Waals surface area contributed by atoms with E-state index in [-0.39, 0.29) is 0 Å². The Hall–Kier alpha value is -2.34. The van der Waals surface area contributed by atoms with Gasteiger partial charge in [-0.1, -0.05) is 12.1 Å². The van der Waals surface area contributed by atoms with Gasteiger partial charge in [0.05, 0.1) is 6.54 Å². The quantitative estimate of drug-likeness (QED) is 0.583. The highest BCUT2D eigenvalue weighted by Gasteiger charge is 2.03. The summed E-state index contributed by atoms with van der Waals surface area (Å²) in [6.45, 7) is 3.40. The predicted octanol–water partition coefficient (Wildman–Crippen LogP) is 2.02. The van der Waals surface area contributed by atoms with Gasteiger partial charge in [-0.15, -0.1) is 11.3 Å². The molecule has 0 aliphatic rings. The van der Waals surface area contributed by atoms with Gasteiger partial charge in [0.25, 0.3) is 0 Å². The molecule has 1 aromatic carbocycles. The highest BCUT2D eigenvalue weighted by Crippen LogP contribution is 2.14. The molecule has 0 saturated heterocycles. The number of amides is 1. The van der Waals surface area contributed by atoms with Crippen molar-refractivity contribution in [1.82, 2.24) is 10.6 Å². The normalized spacial score (nSPS) is 11.3. The zero-order valence-corrected chi connectivity index (χ0v) is 13.5. The van der Waals surface area contributed by atoms with Gasteiger partial charge in [0.1, 0.15) is 0 Å². The summed E-state index contributed by atoms with van der Waals surface area (Å²) >= 11 is 1.76. The largest absolute Gasteiger partial charge is 0.366 e. The predicted molar refractivity (Wildman–Crippen MR) is 91.1 cm³/mol. The molecule has 2 rings (SSSR count). The molecule has 2 aromatic rings. The molecule has 22 heavy (non-hydrogen) atoms. The molecule has 1 aromatic heterocycles. The third-order valence-electron chi connectivity index (χ3n) is 3.12. The number of nitrogens with two attached hydrogens (primary N) is 1. The van der Waals surface area contributed by atoms with E-state index in [1.54, 1.807) is 30.5 Å². The lowest BCUT2D eigenvalue weighted by Gasteiger charge is -2.11. The van der Waals surface area contributed by atoms with Crippen LogP contribution in [0, 0.1) is 6.92 Å². The summed E-state index contributed by atoms with van der Waals surface area (Å²) in [4.78, 5) is 17.9. The lowest BCUT2D eigenvalue weighted by Crippen LogP contribution is -2.36. The molecule has 1 heterocycles. The number of nitrogens with one attached hydrogen (secondary N) is 2. The maximum atomic E-state index is 11.2. The number of hydrogen-bond donors (Lipinski definition) is 3. The van der Waals surface area contributed by atoms with Crippen LogP contribution in [0.5, 0.6) is 0 Å². The lowest BCUT2D eigenvalue weighted by molar-refractivity contribution is 0.1000. The second-order valence-corrected chi connectivity index (χ2v) is 6.23. The van der Waals surface area contributed by atoms with Crippen LogP contribution >= 0.6 is 11.3 Å². The number of carbonyl (C=O) groups is 1. The van der Waals surface area contributed by atoms with E-state index in [1.165, 1.54) is 9.75 Å². The zero-order chi connectivity index (χ0) is 15.9. The van der Waals surface area contributed by atoms with E-state index in [0.29, 0.717) is 12.1 Å². The molecule has 4 N–H and O–H groups in total. The van der Waals surface area contributed by atoms with Gasteiger partial charge in [0, 0.05) is 28.9 Å². The van der Waals surface area contributed by atoms with Crippen molar-refractivity contribution in [3.05, 3.63) is 57.3 Å². The van der Waals surface area contributed by atoms with Crippen molar-refractivity contribution < 1.29 is 4.79 Å². The third kappa shape index (κ3) is 4.60. The molecule has 0 radical (unpaired) electrons. The molecule has 0 fully saturated rings. The maximum Gasteiger partial charge on any atom is 0.248 e. The number of aliphatic imine (C=N–C) groups is 1. The maximum absolute atomic E-state index is 11.2. The van der Waals surface area contributed by atoms with E-state index in [9.17, 15) is 4.79 Å². The van der Waals surface area contributed by atoms with Crippen molar-refractivity contribution in [2.75, 3.05) is 7.05 Å². The van der Waals surface area contributed by atoms with Gasteiger partial charge in [-0.25, -0.2) is 0 Å². The van der Waals surface area contributed by atoms with Crippen LogP contribution in [0.15, 0.2) is 41.4 Å². The first-order chi connectivity index (χ1) is 10.6. The van der Waals surface area contributed by atoms with Crippen LogP contribution in [0.4, 0.5) is 0 Å². The number of nitrogens with zero attached hydrogens (tertiary/aromatic N) is 1. The Balaban J connectivity index is 1.88. The van der Waals surface area contributed by atoms with Crippen molar-refractivity contribution in [1.29, 1.82) is 0 Å². The minimum Gasteiger partial charge on any atom is -0.366 e. The number of guanidine groups is 1. The fraction of sp³-hybridized carbons (Fsp3) is 0.250. The highest BCUT2D eigenvalue weighted by molar-refractivity contribution is 7.11. The molecular formula is C16H20N4OS. The second-order valence-electron chi connectivity index (χ2n) is 4.86. The number of hydrogen-bond acceptors (Lipinski definition) is 3. The molecular weight excluding hydrogens is 296 g/mol. The SMILES string of the molecule is CN=C(NCc1cccc(C(N)=O)c1)NCc1ccc(C)s1. The first-order valence-electron chi connectivity index (χ1n) is 6.97. The average molecular weight is 316 g/mol. The van der Waals surface area contributed by atoms with Crippen molar-refractivity contribution in [3.8, 4) is 0 Å². The minimum absolute atomic E-state index is 0.419. The third-order valence-corrected chi connectivity index (χ3v) is 4.12. The Bertz CT molecular complexity index is 678. The van der Waals surface area contributed by atoms with E-state index in [4.69, 9.17) is 5.73 Å². The minimum atomic E-state index is -0.419. The number of carbonyl (C=O) groups excluding carboxylic acids is 1. The van der Waals surface area contributed by atoms with Crippen LogP contribution in [0.1, 0.15) is 25.7 Å². The summed E-state index contributed by atoms with van der Waals surface area (Å²) in [5.74, 6) is 0.299. The number of aryl methyl sites for hydroxylation is 1. The number of thiophene rings is 1. The van der Waals surface area contributed by atoms with Crippen molar-refractivity contribution in [3.63, 3.8) is 0 Å². The molecule has 0 aliphatic carbocycles. The van der Waals surface area contributed by atoms with E-state index in [0.717, 1.165) is 18.1 Å². The molecule has 0 spiro atoms. The molecule has 0 bridgehead atoms. The number of primary amides is 1. The second kappa shape index (κ2) is 7.61. The summed E-state index contributed by atoms with van der Waals surface area (Å²) < 4.78 is 0. The van der Waals surface area contributed by atoms with Gasteiger partial charge < -0.3 is 16.4 Å². The van der Waals surface area contributed by atoms with E-state index < -0.39 is 5.91 Å². The topological polar surface area (TPSA) is 79.5 Å². The molecule has 0 aliphatic heterocycles. The van der Waals surface area contributed by atoms with Crippen LogP contribution in [0.3, 0.4) is 0 Å². The van der Waals surface area contributed by atoms with Crippen LogP contribution in [0.2, 0.25) is 0 Å². The van der Waals surface area contributed by atoms with E-state index >= 15 is 0 Å². The molecule has 6 heteroatoms. The average Bonchev–Trinajstić information content (AvgIpc) is 2.93. The Morgan fingerprint density at radius 3 is 2.64 bits per heavy atom. The number of benzene rings is 1. The Morgan fingerprint density at radius 1 is 1.23 bits per heavy atom. The van der Waals surface area contributed by atoms with Gasteiger partial charge in [-0.2, -0.15) is 0 Å². The summed E-state index contributed by atoms with van der Waals surface area (Å²) in [6.07, 6.45) is 0. The molecule has 1 amide bonds. The lowest BCUT2D eigenvalue weighted by atomic mass is 10.1.